The van der Waals surface area contributed by atoms with E-state index in [1.165, 1.54) is 6.08 Å². The van der Waals surface area contributed by atoms with Crippen molar-refractivity contribution in [3.8, 4) is 0 Å². The number of aromatic nitrogens is 2. The zero-order chi connectivity index (χ0) is 18.8. The van der Waals surface area contributed by atoms with Crippen LogP contribution in [-0.2, 0) is 4.74 Å². The van der Waals surface area contributed by atoms with Crippen molar-refractivity contribution in [2.24, 2.45) is 15.7 Å². The van der Waals surface area contributed by atoms with E-state index in [0.717, 1.165) is 0 Å². The zero-order valence-electron chi connectivity index (χ0n) is 15.3. The molecule has 0 atom stereocenters. The van der Waals surface area contributed by atoms with Crippen molar-refractivity contribution in [1.29, 1.82) is 5.41 Å². The Kier molecular flexibility index (Phi) is 8.42. The maximum absolute atomic E-state index is 8.05. The van der Waals surface area contributed by atoms with Gasteiger partial charge < -0.3 is 21.2 Å². The lowest BCUT2D eigenvalue weighted by atomic mass is 10.2. The summed E-state index contributed by atoms with van der Waals surface area (Å²) in [7, 11) is 0. The first-order valence-electron chi connectivity index (χ1n) is 8.23. The minimum absolute atomic E-state index is 0.0111. The minimum atomic E-state index is -0.0111. The van der Waals surface area contributed by atoms with E-state index in [-0.39, 0.29) is 6.10 Å². The standard InChI is InChI=1S/C17H27N7O/c1-6-13(19)17-14(10-15(23-24-17)20-9-8-18)21-12(5)22-16(7-2)25-11(3)4/h7,10-11,19H,2,6,8-9,18H2,1,3-5H3,(H,20,23). The van der Waals surface area contributed by atoms with E-state index >= 15 is 0 Å². The Morgan fingerprint density at radius 3 is 2.76 bits per heavy atom. The van der Waals surface area contributed by atoms with Crippen LogP contribution in [0.15, 0.2) is 28.7 Å². The van der Waals surface area contributed by atoms with Crippen LogP contribution in [0, 0.1) is 5.41 Å². The first kappa shape index (κ1) is 20.4. The van der Waals surface area contributed by atoms with Crippen LogP contribution in [0.3, 0.4) is 0 Å². The van der Waals surface area contributed by atoms with E-state index in [4.69, 9.17) is 15.9 Å². The highest BCUT2D eigenvalue weighted by atomic mass is 16.5. The quantitative estimate of drug-likeness (QED) is 0.494. The van der Waals surface area contributed by atoms with Gasteiger partial charge in [-0.1, -0.05) is 13.5 Å². The van der Waals surface area contributed by atoms with Crippen LogP contribution in [0.2, 0.25) is 0 Å². The number of hydrogen-bond donors (Lipinski definition) is 3. The number of aliphatic imine (C=N–C) groups is 2. The average Bonchev–Trinajstić information content (AvgIpc) is 2.58. The van der Waals surface area contributed by atoms with Crippen LogP contribution in [0.5, 0.6) is 0 Å². The molecule has 0 aliphatic heterocycles. The summed E-state index contributed by atoms with van der Waals surface area (Å²) >= 11 is 0. The molecule has 0 aliphatic rings. The van der Waals surface area contributed by atoms with Gasteiger partial charge in [0.1, 0.15) is 11.5 Å². The Morgan fingerprint density at radius 1 is 1.48 bits per heavy atom. The molecule has 4 N–H and O–H groups in total. The van der Waals surface area contributed by atoms with Gasteiger partial charge in [-0.3, -0.25) is 0 Å². The minimum Gasteiger partial charge on any atom is -0.475 e. The normalized spacial score (nSPS) is 12.2. The Labute approximate surface area is 148 Å². The Hall–Kier alpha value is -2.61. The van der Waals surface area contributed by atoms with E-state index in [2.05, 4.69) is 32.1 Å². The van der Waals surface area contributed by atoms with Crippen LogP contribution >= 0.6 is 0 Å². The lowest BCUT2D eigenvalue weighted by Gasteiger charge is -2.10. The van der Waals surface area contributed by atoms with Gasteiger partial charge in [-0.2, -0.15) is 4.99 Å². The number of rotatable bonds is 8. The number of nitrogens with zero attached hydrogens (tertiary/aromatic N) is 4. The van der Waals surface area contributed by atoms with Crippen LogP contribution in [0.25, 0.3) is 0 Å². The van der Waals surface area contributed by atoms with Crippen LogP contribution in [0.4, 0.5) is 11.5 Å². The first-order chi connectivity index (χ1) is 11.9. The Balaban J connectivity index is 3.23. The lowest BCUT2D eigenvalue weighted by Crippen LogP contribution is -2.15. The molecule has 136 valence electrons. The van der Waals surface area contributed by atoms with E-state index in [0.29, 0.717) is 54.2 Å². The van der Waals surface area contributed by atoms with Gasteiger partial charge in [-0.25, -0.2) is 4.99 Å². The molecule has 0 amide bonds. The van der Waals surface area contributed by atoms with Gasteiger partial charge in [0.25, 0.3) is 0 Å². The van der Waals surface area contributed by atoms with Crippen molar-refractivity contribution in [1.82, 2.24) is 10.2 Å². The van der Waals surface area contributed by atoms with E-state index in [1.54, 1.807) is 13.0 Å². The van der Waals surface area contributed by atoms with Crippen LogP contribution in [0.1, 0.15) is 39.8 Å². The highest BCUT2D eigenvalue weighted by Gasteiger charge is 2.11. The number of anilines is 1. The maximum Gasteiger partial charge on any atom is 0.214 e. The molecule has 0 unspecified atom stereocenters. The Morgan fingerprint density at radius 2 is 2.20 bits per heavy atom. The molecule has 0 fully saturated rings. The molecule has 0 aliphatic carbocycles. The summed E-state index contributed by atoms with van der Waals surface area (Å²) < 4.78 is 5.54. The summed E-state index contributed by atoms with van der Waals surface area (Å²) in [4.78, 5) is 8.79. The third-order valence-corrected chi connectivity index (χ3v) is 2.95. The SMILES string of the molecule is C=CC(=NC(C)=Nc1cc(NCCN)nnc1C(=N)CC)OC(C)C. The average molecular weight is 345 g/mol. The number of nitrogens with two attached hydrogens (primary N) is 1. The van der Waals surface area contributed by atoms with Gasteiger partial charge in [-0.15, -0.1) is 10.2 Å². The highest BCUT2D eigenvalue weighted by molar-refractivity contribution is 6.03. The summed E-state index contributed by atoms with van der Waals surface area (Å²) in [6.45, 7) is 12.2. The molecule has 8 heteroatoms. The number of amidine groups is 1. The van der Waals surface area contributed by atoms with Gasteiger partial charge in [-0.05, 0) is 33.3 Å². The second-order valence-corrected chi connectivity index (χ2v) is 5.49. The molecule has 1 aromatic rings. The third-order valence-electron chi connectivity index (χ3n) is 2.95. The molecular weight excluding hydrogens is 318 g/mol. The molecule has 25 heavy (non-hydrogen) atoms. The number of nitrogens with one attached hydrogen (secondary N) is 2. The molecule has 0 bridgehead atoms. The van der Waals surface area contributed by atoms with Crippen molar-refractivity contribution in [2.45, 2.75) is 40.2 Å². The molecule has 0 saturated carbocycles. The number of hydrogen-bond acceptors (Lipinski definition) is 7. The van der Waals surface area contributed by atoms with Crippen LogP contribution in [-0.4, -0.2) is 46.8 Å². The van der Waals surface area contributed by atoms with E-state index in [9.17, 15) is 0 Å². The molecule has 0 spiro atoms. The zero-order valence-corrected chi connectivity index (χ0v) is 15.3. The summed E-state index contributed by atoms with van der Waals surface area (Å²) in [5, 5.41) is 19.3. The molecule has 8 nitrogen and oxygen atoms in total. The first-order valence-corrected chi connectivity index (χ1v) is 8.23. The largest absolute Gasteiger partial charge is 0.475 e. The molecule has 1 rings (SSSR count). The predicted molar refractivity (Wildman–Crippen MR) is 103 cm³/mol. The third kappa shape index (κ3) is 6.80. The van der Waals surface area contributed by atoms with Gasteiger partial charge in [0.2, 0.25) is 5.90 Å². The fourth-order valence-corrected chi connectivity index (χ4v) is 1.86. The summed E-state index contributed by atoms with van der Waals surface area (Å²) in [6, 6.07) is 1.73. The van der Waals surface area contributed by atoms with Crippen molar-refractivity contribution < 1.29 is 4.74 Å². The second-order valence-electron chi connectivity index (χ2n) is 5.49. The van der Waals surface area contributed by atoms with Gasteiger partial charge in [0.15, 0.2) is 5.82 Å². The maximum atomic E-state index is 8.05. The second kappa shape index (κ2) is 10.3. The lowest BCUT2D eigenvalue weighted by molar-refractivity contribution is 0.231. The monoisotopic (exact) mass is 345 g/mol. The summed E-state index contributed by atoms with van der Waals surface area (Å²) in [6.07, 6.45) is 2.05. The number of ether oxygens (including phenoxy) is 1. The van der Waals surface area contributed by atoms with Gasteiger partial charge >= 0.3 is 0 Å². The molecule has 0 aromatic carbocycles. The fraction of sp³-hybridized carbons (Fsp3) is 0.471. The molecule has 1 aromatic heterocycles. The Bertz CT molecular complexity index is 665. The molecule has 0 radical (unpaired) electrons. The smallest absolute Gasteiger partial charge is 0.214 e. The molecule has 0 saturated heterocycles. The topological polar surface area (TPSA) is 122 Å². The van der Waals surface area contributed by atoms with Crippen LogP contribution < -0.4 is 11.1 Å². The van der Waals surface area contributed by atoms with Crippen molar-refractivity contribution in [3.05, 3.63) is 24.4 Å². The summed E-state index contributed by atoms with van der Waals surface area (Å²) in [5.74, 6) is 1.42. The van der Waals surface area contributed by atoms with Gasteiger partial charge in [0, 0.05) is 19.2 Å². The fourth-order valence-electron chi connectivity index (χ4n) is 1.86. The van der Waals surface area contributed by atoms with E-state index < -0.39 is 0 Å². The molecule has 1 heterocycles. The highest BCUT2D eigenvalue weighted by Crippen LogP contribution is 2.21. The van der Waals surface area contributed by atoms with Gasteiger partial charge in [0.05, 0.1) is 17.5 Å². The van der Waals surface area contributed by atoms with E-state index in [1.807, 2.05) is 20.8 Å². The van der Waals surface area contributed by atoms with Crippen molar-refractivity contribution in [2.75, 3.05) is 18.4 Å². The summed E-state index contributed by atoms with van der Waals surface area (Å²) in [5.41, 5.74) is 6.80. The van der Waals surface area contributed by atoms with Crippen molar-refractivity contribution >= 4 is 29.0 Å². The predicted octanol–water partition coefficient (Wildman–Crippen LogP) is 2.68. The van der Waals surface area contributed by atoms with Crippen molar-refractivity contribution in [3.63, 3.8) is 0 Å². The molecular formula is C17H27N7O.